The minimum atomic E-state index is 0.0657. The summed E-state index contributed by atoms with van der Waals surface area (Å²) in [7, 11) is 3.27. The van der Waals surface area contributed by atoms with Crippen molar-refractivity contribution in [1.29, 1.82) is 0 Å². The van der Waals surface area contributed by atoms with Gasteiger partial charge in [-0.1, -0.05) is 6.92 Å². The maximum atomic E-state index is 11.5. The Morgan fingerprint density at radius 3 is 2.33 bits per heavy atom. The van der Waals surface area contributed by atoms with E-state index in [1.54, 1.807) is 14.2 Å². The third kappa shape index (κ3) is 8.54. The Bertz CT molecular complexity index is 159. The number of ether oxygens (including phenoxy) is 3. The van der Waals surface area contributed by atoms with Crippen LogP contribution in [0.15, 0.2) is 0 Å². The maximum absolute atomic E-state index is 11.5. The molecule has 0 radical (unpaired) electrons. The summed E-state index contributed by atoms with van der Waals surface area (Å²) < 4.78 is 15.0. The summed E-state index contributed by atoms with van der Waals surface area (Å²) >= 11 is 0. The lowest BCUT2D eigenvalue weighted by molar-refractivity contribution is -0.124. The van der Waals surface area contributed by atoms with Crippen LogP contribution in [-0.4, -0.2) is 46.4 Å². The highest BCUT2D eigenvalue weighted by molar-refractivity contribution is 5.80. The van der Waals surface area contributed by atoms with E-state index in [0.29, 0.717) is 32.8 Å². The van der Waals surface area contributed by atoms with Crippen LogP contribution < -0.4 is 0 Å². The molecule has 0 aliphatic carbocycles. The van der Waals surface area contributed by atoms with Gasteiger partial charge >= 0.3 is 0 Å². The SMILES string of the molecule is COCCOCCC(=O)C(C)CCOC. The molecule has 0 aromatic heterocycles. The third-order valence-corrected chi connectivity index (χ3v) is 2.23. The van der Waals surface area contributed by atoms with Gasteiger partial charge < -0.3 is 14.2 Å². The van der Waals surface area contributed by atoms with E-state index in [9.17, 15) is 4.79 Å². The molecule has 0 bridgehead atoms. The van der Waals surface area contributed by atoms with Gasteiger partial charge in [-0.2, -0.15) is 0 Å². The third-order valence-electron chi connectivity index (χ3n) is 2.23. The zero-order valence-electron chi connectivity index (χ0n) is 9.95. The van der Waals surface area contributed by atoms with Crippen molar-refractivity contribution in [2.24, 2.45) is 5.92 Å². The average molecular weight is 218 g/mol. The number of methoxy groups -OCH3 is 2. The van der Waals surface area contributed by atoms with Gasteiger partial charge in [0.2, 0.25) is 0 Å². The van der Waals surface area contributed by atoms with E-state index in [4.69, 9.17) is 14.2 Å². The van der Waals surface area contributed by atoms with Crippen LogP contribution >= 0.6 is 0 Å². The molecule has 0 aliphatic rings. The zero-order valence-corrected chi connectivity index (χ0v) is 9.95. The average Bonchev–Trinajstić information content (AvgIpc) is 2.25. The molecule has 4 heteroatoms. The first kappa shape index (κ1) is 14.6. The van der Waals surface area contributed by atoms with Gasteiger partial charge in [-0.15, -0.1) is 0 Å². The van der Waals surface area contributed by atoms with Crippen LogP contribution in [0.1, 0.15) is 19.8 Å². The van der Waals surface area contributed by atoms with E-state index in [1.807, 2.05) is 6.92 Å². The number of Topliss-reactive ketones (excluding diaryl/α,β-unsaturated/α-hetero) is 1. The smallest absolute Gasteiger partial charge is 0.138 e. The van der Waals surface area contributed by atoms with E-state index in [-0.39, 0.29) is 11.7 Å². The molecule has 0 rings (SSSR count). The van der Waals surface area contributed by atoms with Gasteiger partial charge in [-0.05, 0) is 6.42 Å². The second-order valence-electron chi connectivity index (χ2n) is 3.50. The summed E-state index contributed by atoms with van der Waals surface area (Å²) in [4.78, 5) is 11.5. The summed E-state index contributed by atoms with van der Waals surface area (Å²) in [6.45, 7) is 4.18. The van der Waals surface area contributed by atoms with Crippen LogP contribution in [-0.2, 0) is 19.0 Å². The molecule has 0 aromatic rings. The van der Waals surface area contributed by atoms with E-state index < -0.39 is 0 Å². The van der Waals surface area contributed by atoms with Gasteiger partial charge in [0.05, 0.1) is 19.8 Å². The molecule has 90 valence electrons. The first-order chi connectivity index (χ1) is 7.22. The summed E-state index contributed by atoms with van der Waals surface area (Å²) in [5, 5.41) is 0. The molecule has 0 saturated carbocycles. The Morgan fingerprint density at radius 2 is 1.73 bits per heavy atom. The highest BCUT2D eigenvalue weighted by atomic mass is 16.5. The molecule has 0 heterocycles. The predicted molar refractivity (Wildman–Crippen MR) is 58.0 cm³/mol. The van der Waals surface area contributed by atoms with E-state index >= 15 is 0 Å². The van der Waals surface area contributed by atoms with Gasteiger partial charge in [0.25, 0.3) is 0 Å². The van der Waals surface area contributed by atoms with Gasteiger partial charge in [0.1, 0.15) is 5.78 Å². The molecule has 0 spiro atoms. The number of carbonyl (C=O) groups is 1. The second kappa shape index (κ2) is 10.1. The maximum Gasteiger partial charge on any atom is 0.138 e. The Hall–Kier alpha value is -0.450. The second-order valence-corrected chi connectivity index (χ2v) is 3.50. The topological polar surface area (TPSA) is 44.8 Å². The fraction of sp³-hybridized carbons (Fsp3) is 0.909. The van der Waals surface area contributed by atoms with Crippen molar-refractivity contribution in [3.05, 3.63) is 0 Å². The minimum absolute atomic E-state index is 0.0657. The van der Waals surface area contributed by atoms with Gasteiger partial charge in [-0.3, -0.25) is 4.79 Å². The molecule has 0 N–H and O–H groups in total. The summed E-state index contributed by atoms with van der Waals surface area (Å²) in [6.07, 6.45) is 1.27. The Kier molecular flexibility index (Phi) is 9.78. The van der Waals surface area contributed by atoms with Gasteiger partial charge in [0.15, 0.2) is 0 Å². The van der Waals surface area contributed by atoms with Crippen molar-refractivity contribution >= 4 is 5.78 Å². The molecule has 0 aliphatic heterocycles. The van der Waals surface area contributed by atoms with Crippen molar-refractivity contribution in [2.75, 3.05) is 40.6 Å². The number of hydrogen-bond acceptors (Lipinski definition) is 4. The fourth-order valence-corrected chi connectivity index (χ4v) is 1.12. The predicted octanol–water partition coefficient (Wildman–Crippen LogP) is 1.28. The van der Waals surface area contributed by atoms with Crippen molar-refractivity contribution in [3.8, 4) is 0 Å². The Morgan fingerprint density at radius 1 is 1.07 bits per heavy atom. The molecule has 1 atom stereocenters. The summed E-state index contributed by atoms with van der Waals surface area (Å²) in [6, 6.07) is 0. The van der Waals surface area contributed by atoms with Crippen LogP contribution in [0.25, 0.3) is 0 Å². The largest absolute Gasteiger partial charge is 0.385 e. The van der Waals surface area contributed by atoms with Crippen molar-refractivity contribution in [2.45, 2.75) is 19.8 Å². The first-order valence-corrected chi connectivity index (χ1v) is 5.30. The molecule has 0 amide bonds. The molecule has 0 fully saturated rings. The monoisotopic (exact) mass is 218 g/mol. The Balaban J connectivity index is 3.38. The lowest BCUT2D eigenvalue weighted by Gasteiger charge is -2.09. The molecule has 15 heavy (non-hydrogen) atoms. The highest BCUT2D eigenvalue weighted by Gasteiger charge is 2.11. The molecule has 1 unspecified atom stereocenters. The molecule has 0 aromatic carbocycles. The van der Waals surface area contributed by atoms with Crippen LogP contribution in [0.5, 0.6) is 0 Å². The molecule has 0 saturated heterocycles. The lowest BCUT2D eigenvalue weighted by atomic mass is 10.0. The number of carbonyl (C=O) groups excluding carboxylic acids is 1. The lowest BCUT2D eigenvalue weighted by Crippen LogP contribution is -2.16. The van der Waals surface area contributed by atoms with Crippen molar-refractivity contribution in [3.63, 3.8) is 0 Å². The number of hydrogen-bond donors (Lipinski definition) is 0. The minimum Gasteiger partial charge on any atom is -0.385 e. The molecular formula is C11H22O4. The van der Waals surface area contributed by atoms with Crippen molar-refractivity contribution in [1.82, 2.24) is 0 Å². The van der Waals surface area contributed by atoms with E-state index in [2.05, 4.69) is 0 Å². The fourth-order valence-electron chi connectivity index (χ4n) is 1.12. The quantitative estimate of drug-likeness (QED) is 0.518. The van der Waals surface area contributed by atoms with Crippen LogP contribution in [0.2, 0.25) is 0 Å². The van der Waals surface area contributed by atoms with Crippen molar-refractivity contribution < 1.29 is 19.0 Å². The van der Waals surface area contributed by atoms with Gasteiger partial charge in [0, 0.05) is 33.2 Å². The normalized spacial score (nSPS) is 12.7. The number of ketones is 1. The summed E-state index contributed by atoms with van der Waals surface area (Å²) in [5.74, 6) is 0.306. The highest BCUT2D eigenvalue weighted by Crippen LogP contribution is 2.06. The Labute approximate surface area is 91.9 Å². The first-order valence-electron chi connectivity index (χ1n) is 5.30. The van der Waals surface area contributed by atoms with Crippen LogP contribution in [0.4, 0.5) is 0 Å². The number of rotatable bonds is 10. The molecule has 4 nitrogen and oxygen atoms in total. The summed E-state index contributed by atoms with van der Waals surface area (Å²) in [5.41, 5.74) is 0. The van der Waals surface area contributed by atoms with Gasteiger partial charge in [-0.25, -0.2) is 0 Å². The molecular weight excluding hydrogens is 196 g/mol. The van der Waals surface area contributed by atoms with Crippen LogP contribution in [0, 0.1) is 5.92 Å². The zero-order chi connectivity index (χ0) is 11.5. The standard InChI is InChI=1S/C11H22O4/c1-10(4-6-13-2)11(12)5-7-15-9-8-14-3/h10H,4-9H2,1-3H3. The van der Waals surface area contributed by atoms with Crippen LogP contribution in [0.3, 0.4) is 0 Å². The van der Waals surface area contributed by atoms with E-state index in [0.717, 1.165) is 6.42 Å². The van der Waals surface area contributed by atoms with E-state index in [1.165, 1.54) is 0 Å².